The highest BCUT2D eigenvalue weighted by Gasteiger charge is 2.18. The number of hydrogen-bond acceptors (Lipinski definition) is 5. The average molecular weight is 446 g/mol. The first-order chi connectivity index (χ1) is 15.7. The molecule has 2 aromatic heterocycles. The number of allylic oxidation sites excluding steroid dienone is 1. The number of hydrogen-bond donors (Lipinski definition) is 0. The number of imidazole rings is 1. The molecule has 2 aliphatic rings. The van der Waals surface area contributed by atoms with E-state index in [-0.39, 0.29) is 11.4 Å². The minimum Gasteiger partial charge on any atom is -0.378 e. The van der Waals surface area contributed by atoms with Gasteiger partial charge in [-0.2, -0.15) is 5.10 Å². The number of aliphatic imine (C=N–C) groups is 1. The van der Waals surface area contributed by atoms with Crippen molar-refractivity contribution in [2.75, 3.05) is 26.3 Å². The summed E-state index contributed by atoms with van der Waals surface area (Å²) in [6, 6.07) is 11.3. The number of rotatable bonds is 2. The zero-order valence-corrected chi connectivity index (χ0v) is 18.0. The minimum atomic E-state index is -0.269. The van der Waals surface area contributed by atoms with Crippen molar-refractivity contribution in [1.82, 2.24) is 19.5 Å². The fraction of sp³-hybridized carbons (Fsp3) is 0.250. The number of dihydropyridines is 1. The summed E-state index contributed by atoms with van der Waals surface area (Å²) in [5.74, 6) is 6.30. The second-order valence-electron chi connectivity index (χ2n) is 7.49. The van der Waals surface area contributed by atoms with Crippen molar-refractivity contribution < 1.29 is 9.53 Å². The zero-order valence-electron chi connectivity index (χ0n) is 17.2. The van der Waals surface area contributed by atoms with E-state index in [1.54, 1.807) is 16.9 Å². The number of nitrogens with zero attached hydrogens (tertiary/aromatic N) is 5. The first-order valence-electron chi connectivity index (χ1n) is 10.4. The molecule has 4 heterocycles. The number of halogens is 1. The SMILES string of the molecule is O=C(c1ccc(-c2ccc3ncc(C#CC4=CC=NC(Cl)C4)n3n2)cc1)N1CCOCC1. The van der Waals surface area contributed by atoms with Gasteiger partial charge in [-0.1, -0.05) is 29.7 Å². The van der Waals surface area contributed by atoms with Crippen LogP contribution in [0.2, 0.25) is 0 Å². The Kier molecular flexibility index (Phi) is 5.71. The smallest absolute Gasteiger partial charge is 0.254 e. The van der Waals surface area contributed by atoms with Crippen molar-refractivity contribution in [2.45, 2.75) is 11.9 Å². The highest BCUT2D eigenvalue weighted by atomic mass is 35.5. The summed E-state index contributed by atoms with van der Waals surface area (Å²) in [5, 5.41) is 4.72. The molecular formula is C24H20ClN5O2. The number of carbonyl (C=O) groups excluding carboxylic acids is 1. The summed E-state index contributed by atoms with van der Waals surface area (Å²) in [6.45, 7) is 2.42. The van der Waals surface area contributed by atoms with Crippen LogP contribution in [-0.4, -0.2) is 63.4 Å². The van der Waals surface area contributed by atoms with E-state index in [1.807, 2.05) is 47.4 Å². The number of fused-ring (bicyclic) bond motifs is 1. The van der Waals surface area contributed by atoms with Gasteiger partial charge in [-0.15, -0.1) is 0 Å². The number of amides is 1. The largest absolute Gasteiger partial charge is 0.378 e. The predicted molar refractivity (Wildman–Crippen MR) is 123 cm³/mol. The van der Waals surface area contributed by atoms with Gasteiger partial charge in [0.15, 0.2) is 5.65 Å². The Morgan fingerprint density at radius 2 is 1.91 bits per heavy atom. The molecule has 3 aromatic rings. The molecule has 1 saturated heterocycles. The lowest BCUT2D eigenvalue weighted by Crippen LogP contribution is -2.40. The van der Waals surface area contributed by atoms with Crippen LogP contribution in [0.1, 0.15) is 22.5 Å². The van der Waals surface area contributed by atoms with Gasteiger partial charge in [-0.05, 0) is 36.3 Å². The second-order valence-corrected chi connectivity index (χ2v) is 8.00. The van der Waals surface area contributed by atoms with Crippen LogP contribution in [-0.2, 0) is 4.74 Å². The quantitative estimate of drug-likeness (QED) is 0.345. The number of alkyl halides is 1. The number of morpholine rings is 1. The maximum Gasteiger partial charge on any atom is 0.254 e. The van der Waals surface area contributed by atoms with Crippen molar-refractivity contribution in [1.29, 1.82) is 0 Å². The molecule has 0 saturated carbocycles. The second kappa shape index (κ2) is 8.95. The van der Waals surface area contributed by atoms with Crippen LogP contribution in [0.4, 0.5) is 0 Å². The van der Waals surface area contributed by atoms with E-state index in [4.69, 9.17) is 21.4 Å². The van der Waals surface area contributed by atoms with E-state index in [2.05, 4.69) is 21.8 Å². The number of benzene rings is 1. The Morgan fingerprint density at radius 3 is 2.69 bits per heavy atom. The molecule has 2 aliphatic heterocycles. The summed E-state index contributed by atoms with van der Waals surface area (Å²) < 4.78 is 7.05. The van der Waals surface area contributed by atoms with Gasteiger partial charge in [0.1, 0.15) is 11.2 Å². The molecule has 1 amide bonds. The van der Waals surface area contributed by atoms with Crippen LogP contribution in [0.3, 0.4) is 0 Å². The van der Waals surface area contributed by atoms with Crippen LogP contribution < -0.4 is 0 Å². The normalized spacial score (nSPS) is 18.2. The summed E-state index contributed by atoms with van der Waals surface area (Å²) in [6.07, 6.45) is 5.87. The summed E-state index contributed by atoms with van der Waals surface area (Å²) in [5.41, 5.74) is 4.40. The van der Waals surface area contributed by atoms with Gasteiger partial charge < -0.3 is 9.64 Å². The molecule has 32 heavy (non-hydrogen) atoms. The lowest BCUT2D eigenvalue weighted by Gasteiger charge is -2.26. The molecule has 1 fully saturated rings. The molecule has 0 N–H and O–H groups in total. The van der Waals surface area contributed by atoms with Gasteiger partial charge >= 0.3 is 0 Å². The molecule has 8 heteroatoms. The molecule has 0 spiro atoms. The lowest BCUT2D eigenvalue weighted by molar-refractivity contribution is 0.0303. The molecule has 5 rings (SSSR count). The molecular weight excluding hydrogens is 426 g/mol. The Bertz CT molecular complexity index is 1280. The molecule has 7 nitrogen and oxygen atoms in total. The number of aromatic nitrogens is 3. The first-order valence-corrected chi connectivity index (χ1v) is 10.8. The minimum absolute atomic E-state index is 0.0247. The third kappa shape index (κ3) is 4.28. The van der Waals surface area contributed by atoms with E-state index in [9.17, 15) is 4.79 Å². The van der Waals surface area contributed by atoms with Crippen LogP contribution in [0.15, 0.2) is 59.2 Å². The Balaban J connectivity index is 1.39. The van der Waals surface area contributed by atoms with Crippen LogP contribution in [0.5, 0.6) is 0 Å². The Hall–Kier alpha value is -3.47. The maximum atomic E-state index is 12.7. The van der Waals surface area contributed by atoms with Crippen molar-refractivity contribution in [3.8, 4) is 23.1 Å². The van der Waals surface area contributed by atoms with Gasteiger partial charge in [-0.25, -0.2) is 9.50 Å². The first kappa shape index (κ1) is 20.4. The molecule has 1 unspecified atom stereocenters. The van der Waals surface area contributed by atoms with Crippen molar-refractivity contribution >= 4 is 29.4 Å². The molecule has 0 aliphatic carbocycles. The van der Waals surface area contributed by atoms with E-state index in [0.29, 0.717) is 49.6 Å². The zero-order chi connectivity index (χ0) is 21.9. The molecule has 160 valence electrons. The molecule has 0 bridgehead atoms. The van der Waals surface area contributed by atoms with Gasteiger partial charge in [0.2, 0.25) is 0 Å². The van der Waals surface area contributed by atoms with Gasteiger partial charge in [-0.3, -0.25) is 9.79 Å². The van der Waals surface area contributed by atoms with E-state index in [0.717, 1.165) is 16.8 Å². The van der Waals surface area contributed by atoms with Gasteiger partial charge in [0.25, 0.3) is 5.91 Å². The lowest BCUT2D eigenvalue weighted by atomic mass is 10.1. The van der Waals surface area contributed by atoms with Gasteiger partial charge in [0, 0.05) is 42.4 Å². The van der Waals surface area contributed by atoms with Crippen molar-refractivity contribution in [3.05, 3.63) is 65.5 Å². The maximum absolute atomic E-state index is 12.7. The summed E-state index contributed by atoms with van der Waals surface area (Å²) >= 11 is 6.06. The fourth-order valence-corrected chi connectivity index (χ4v) is 3.84. The van der Waals surface area contributed by atoms with Crippen LogP contribution >= 0.6 is 11.6 Å². The molecule has 1 atom stereocenters. The molecule has 0 radical (unpaired) electrons. The third-order valence-electron chi connectivity index (χ3n) is 5.35. The predicted octanol–water partition coefficient (Wildman–Crippen LogP) is 3.19. The summed E-state index contributed by atoms with van der Waals surface area (Å²) in [7, 11) is 0. The van der Waals surface area contributed by atoms with Crippen LogP contribution in [0.25, 0.3) is 16.9 Å². The fourth-order valence-electron chi connectivity index (χ4n) is 3.61. The number of ether oxygens (including phenoxy) is 1. The highest BCUT2D eigenvalue weighted by Crippen LogP contribution is 2.20. The number of carbonyl (C=O) groups is 1. The van der Waals surface area contributed by atoms with E-state index < -0.39 is 0 Å². The Morgan fingerprint density at radius 1 is 1.09 bits per heavy atom. The average Bonchev–Trinajstić information content (AvgIpc) is 3.25. The van der Waals surface area contributed by atoms with Gasteiger partial charge in [0.05, 0.1) is 25.1 Å². The molecule has 1 aromatic carbocycles. The van der Waals surface area contributed by atoms with E-state index in [1.165, 1.54) is 0 Å². The van der Waals surface area contributed by atoms with Crippen LogP contribution in [0, 0.1) is 11.8 Å². The highest BCUT2D eigenvalue weighted by molar-refractivity contribution is 6.21. The summed E-state index contributed by atoms with van der Waals surface area (Å²) in [4.78, 5) is 23.0. The monoisotopic (exact) mass is 445 g/mol. The van der Waals surface area contributed by atoms with Crippen molar-refractivity contribution in [3.63, 3.8) is 0 Å². The third-order valence-corrected chi connectivity index (χ3v) is 5.62. The topological polar surface area (TPSA) is 72.1 Å². The van der Waals surface area contributed by atoms with Crippen molar-refractivity contribution in [2.24, 2.45) is 4.99 Å². The standard InChI is InChI=1S/C24H20ClN5O2/c25-22-15-17(9-10-26-22)1-6-20-16-27-23-8-7-21(28-30(20)23)18-2-4-19(5-3-18)24(31)29-11-13-32-14-12-29/h2-5,7-10,16,22H,11-15H2. The Labute approximate surface area is 190 Å². The van der Waals surface area contributed by atoms with E-state index >= 15 is 0 Å².